The minimum atomic E-state index is -1.27. The Morgan fingerprint density at radius 2 is 1.57 bits per heavy atom. The van der Waals surface area contributed by atoms with E-state index in [4.69, 9.17) is 32.7 Å². The first-order chi connectivity index (χ1) is 17.4. The zero-order chi connectivity index (χ0) is 27.4. The van der Waals surface area contributed by atoms with Gasteiger partial charge in [-0.25, -0.2) is 13.6 Å². The Labute approximate surface area is 220 Å². The van der Waals surface area contributed by atoms with E-state index in [1.165, 1.54) is 45.2 Å². The summed E-state index contributed by atoms with van der Waals surface area (Å²) in [6.45, 7) is 2.81. The highest BCUT2D eigenvalue weighted by molar-refractivity contribution is 6.31. The number of halogens is 4. The van der Waals surface area contributed by atoms with Crippen molar-refractivity contribution in [3.63, 3.8) is 0 Å². The van der Waals surface area contributed by atoms with Gasteiger partial charge in [0.25, 0.3) is 0 Å². The number of carbonyl (C=O) groups is 2. The van der Waals surface area contributed by atoms with E-state index < -0.39 is 53.0 Å². The van der Waals surface area contributed by atoms with Gasteiger partial charge in [-0.15, -0.1) is 0 Å². The van der Waals surface area contributed by atoms with E-state index in [-0.39, 0.29) is 20.5 Å². The molecule has 0 radical (unpaired) electrons. The van der Waals surface area contributed by atoms with Gasteiger partial charge in [0.15, 0.2) is 11.9 Å². The van der Waals surface area contributed by atoms with Crippen molar-refractivity contribution in [3.05, 3.63) is 92.4 Å². The van der Waals surface area contributed by atoms with Crippen LogP contribution in [0.2, 0.25) is 10.0 Å². The quantitative estimate of drug-likeness (QED) is 0.241. The van der Waals surface area contributed by atoms with Gasteiger partial charge in [0.05, 0.1) is 17.2 Å². The second kappa shape index (κ2) is 11.6. The van der Waals surface area contributed by atoms with E-state index >= 15 is 0 Å². The van der Waals surface area contributed by atoms with Crippen LogP contribution < -0.4 is 14.8 Å². The zero-order valence-electron chi connectivity index (χ0n) is 19.8. The number of ether oxygens (including phenoxy) is 2. The average Bonchev–Trinajstić information content (AvgIpc) is 2.83. The van der Waals surface area contributed by atoms with Crippen LogP contribution in [0.1, 0.15) is 41.4 Å². The Hall–Kier alpha value is -3.63. The number of methoxy groups -OCH3 is 1. The molecule has 3 rings (SSSR count). The number of rotatable bonds is 8. The Balaban J connectivity index is 1.84. The molecule has 0 unspecified atom stereocenters. The molecule has 2 aromatic carbocycles. The third kappa shape index (κ3) is 6.20. The van der Waals surface area contributed by atoms with Gasteiger partial charge in [0.1, 0.15) is 23.8 Å². The lowest BCUT2D eigenvalue weighted by molar-refractivity contribution is -0.608. The maximum Gasteiger partial charge on any atom is 0.328 e. The zero-order valence-corrected chi connectivity index (χ0v) is 21.3. The second-order valence-corrected chi connectivity index (χ2v) is 8.88. The predicted molar refractivity (Wildman–Crippen MR) is 131 cm³/mol. The van der Waals surface area contributed by atoms with Crippen LogP contribution in [-0.2, 0) is 9.53 Å². The van der Waals surface area contributed by atoms with E-state index in [0.29, 0.717) is 11.1 Å². The summed E-state index contributed by atoms with van der Waals surface area (Å²) in [6.07, 6.45) is -0.0257. The molecule has 8 nitrogen and oxygen atoms in total. The lowest BCUT2D eigenvalue weighted by Gasteiger charge is -2.27. The first kappa shape index (κ1) is 27.9. The molecule has 12 heteroatoms. The van der Waals surface area contributed by atoms with Crippen LogP contribution in [0.25, 0.3) is 0 Å². The standard InChI is InChI=1S/C25H22Cl2F2N2O6/c1-12(30-24(33)22-23(32)20(36-3)8-9-31(22)35)25(34)37-13(2)21(14-4-6-16(26)18(28)10-14)15-5-7-17(27)19(29)11-15/h4-13,21,32H,1-3H3,(H,30,33)/t12-,13-/m0/s1. The normalized spacial score (nSPS) is 12.6. The molecule has 3 aromatic rings. The highest BCUT2D eigenvalue weighted by Crippen LogP contribution is 2.33. The number of esters is 1. The molecule has 2 N–H and O–H groups in total. The smallest absolute Gasteiger partial charge is 0.328 e. The van der Waals surface area contributed by atoms with Gasteiger partial charge < -0.3 is 25.1 Å². The second-order valence-electron chi connectivity index (χ2n) is 8.07. The molecule has 0 fully saturated rings. The highest BCUT2D eigenvalue weighted by atomic mass is 35.5. The molecule has 0 aliphatic carbocycles. The Morgan fingerprint density at radius 1 is 1.03 bits per heavy atom. The molecule has 0 aliphatic rings. The van der Waals surface area contributed by atoms with Crippen molar-refractivity contribution in [1.29, 1.82) is 0 Å². The summed E-state index contributed by atoms with van der Waals surface area (Å²) in [5, 5.41) is 24.2. The average molecular weight is 555 g/mol. The lowest BCUT2D eigenvalue weighted by Crippen LogP contribution is -2.46. The molecule has 1 amide bonds. The molecule has 1 heterocycles. The molecule has 0 aliphatic heterocycles. The van der Waals surface area contributed by atoms with Crippen LogP contribution >= 0.6 is 23.2 Å². The molecule has 1 aromatic heterocycles. The van der Waals surface area contributed by atoms with Crippen molar-refractivity contribution >= 4 is 35.1 Å². The summed E-state index contributed by atoms with van der Waals surface area (Å²) >= 11 is 11.6. The number of amides is 1. The Morgan fingerprint density at radius 3 is 2.05 bits per heavy atom. The summed E-state index contributed by atoms with van der Waals surface area (Å²) < 4.78 is 39.0. The molecule has 0 saturated heterocycles. The largest absolute Gasteiger partial charge is 0.618 e. The Kier molecular flexibility index (Phi) is 8.77. The minimum Gasteiger partial charge on any atom is -0.618 e. The number of nitrogens with one attached hydrogen (secondary N) is 1. The highest BCUT2D eigenvalue weighted by Gasteiger charge is 2.31. The number of pyridine rings is 1. The van der Waals surface area contributed by atoms with Crippen LogP contribution in [0.3, 0.4) is 0 Å². The fraction of sp³-hybridized carbons (Fsp3) is 0.240. The summed E-state index contributed by atoms with van der Waals surface area (Å²) in [7, 11) is 1.24. The van der Waals surface area contributed by atoms with Crippen LogP contribution in [0, 0.1) is 16.8 Å². The first-order valence-corrected chi connectivity index (χ1v) is 11.6. The van der Waals surface area contributed by atoms with Crippen molar-refractivity contribution < 1.29 is 37.7 Å². The van der Waals surface area contributed by atoms with Crippen molar-refractivity contribution in [2.75, 3.05) is 7.11 Å². The van der Waals surface area contributed by atoms with Crippen LogP contribution in [0.4, 0.5) is 8.78 Å². The van der Waals surface area contributed by atoms with Crippen molar-refractivity contribution in [3.8, 4) is 11.5 Å². The third-order valence-electron chi connectivity index (χ3n) is 5.55. The first-order valence-electron chi connectivity index (χ1n) is 10.8. The SMILES string of the molecule is COc1cc[n+]([O-])c(C(=O)N[C@@H](C)C(=O)O[C@@H](C)C(c2ccc(Cl)c(F)c2)c2ccc(Cl)c(F)c2)c1O. The van der Waals surface area contributed by atoms with E-state index in [0.717, 1.165) is 24.4 Å². The van der Waals surface area contributed by atoms with Gasteiger partial charge in [0, 0.05) is 12.0 Å². The van der Waals surface area contributed by atoms with E-state index in [2.05, 4.69) is 5.32 Å². The molecule has 2 atom stereocenters. The fourth-order valence-corrected chi connectivity index (χ4v) is 3.94. The third-order valence-corrected chi connectivity index (χ3v) is 6.17. The van der Waals surface area contributed by atoms with Crippen LogP contribution in [0.5, 0.6) is 11.5 Å². The number of carbonyl (C=O) groups excluding carboxylic acids is 2. The predicted octanol–water partition coefficient (Wildman–Crippen LogP) is 4.50. The number of aromatic hydroxyl groups is 1. The van der Waals surface area contributed by atoms with Crippen molar-refractivity contribution in [1.82, 2.24) is 5.32 Å². The maximum atomic E-state index is 14.2. The number of hydrogen-bond donors (Lipinski definition) is 2. The Bertz CT molecular complexity index is 1290. The number of hydrogen-bond acceptors (Lipinski definition) is 6. The summed E-state index contributed by atoms with van der Waals surface area (Å²) in [5.74, 6) is -5.07. The monoisotopic (exact) mass is 554 g/mol. The van der Waals surface area contributed by atoms with Crippen molar-refractivity contribution in [2.45, 2.75) is 31.9 Å². The van der Waals surface area contributed by atoms with Crippen LogP contribution in [-0.4, -0.2) is 36.2 Å². The maximum absolute atomic E-state index is 14.2. The van der Waals surface area contributed by atoms with Gasteiger partial charge in [-0.1, -0.05) is 35.3 Å². The number of benzene rings is 2. The number of aromatic nitrogens is 1. The summed E-state index contributed by atoms with van der Waals surface area (Å²) in [6, 6.07) is 7.85. The molecule has 196 valence electrons. The summed E-state index contributed by atoms with van der Waals surface area (Å²) in [4.78, 5) is 25.4. The van der Waals surface area contributed by atoms with Gasteiger partial charge >= 0.3 is 17.6 Å². The van der Waals surface area contributed by atoms with Gasteiger partial charge in [-0.3, -0.25) is 4.79 Å². The van der Waals surface area contributed by atoms with Gasteiger partial charge in [0.2, 0.25) is 5.75 Å². The van der Waals surface area contributed by atoms with E-state index in [1.54, 1.807) is 0 Å². The molecular weight excluding hydrogens is 533 g/mol. The molecule has 0 spiro atoms. The molecule has 0 bridgehead atoms. The molecule has 0 saturated carbocycles. The van der Waals surface area contributed by atoms with E-state index in [9.17, 15) is 28.7 Å². The van der Waals surface area contributed by atoms with E-state index in [1.807, 2.05) is 0 Å². The molecule has 37 heavy (non-hydrogen) atoms. The minimum absolute atomic E-state index is 0.116. The lowest BCUT2D eigenvalue weighted by atomic mass is 9.87. The van der Waals surface area contributed by atoms with Crippen molar-refractivity contribution in [2.24, 2.45) is 0 Å². The molecular formula is C25H22Cl2F2N2O6. The van der Waals surface area contributed by atoms with Gasteiger partial charge in [-0.2, -0.15) is 4.73 Å². The topological polar surface area (TPSA) is 112 Å². The van der Waals surface area contributed by atoms with Crippen LogP contribution in [0.15, 0.2) is 48.7 Å². The fourth-order valence-electron chi connectivity index (χ4n) is 3.71. The number of nitrogens with zero attached hydrogens (tertiary/aromatic N) is 1. The summed E-state index contributed by atoms with van der Waals surface area (Å²) in [5.41, 5.74) is 0.00169. The van der Waals surface area contributed by atoms with Gasteiger partial charge in [-0.05, 0) is 49.2 Å².